The first kappa shape index (κ1) is 13.2. The van der Waals surface area contributed by atoms with Crippen LogP contribution in [-0.4, -0.2) is 19.7 Å². The minimum atomic E-state index is 0.681. The molecule has 2 aromatic carbocycles. The van der Waals surface area contributed by atoms with Gasteiger partial charge in [-0.3, -0.25) is 0 Å². The van der Waals surface area contributed by atoms with Crippen LogP contribution in [0.15, 0.2) is 54.6 Å². The maximum Gasteiger partial charge on any atom is 0.127 e. The molecular formula is C18H21NO. The summed E-state index contributed by atoms with van der Waals surface area (Å²) in [6.07, 6.45) is 2.43. The highest BCUT2D eigenvalue weighted by molar-refractivity contribution is 5.70. The van der Waals surface area contributed by atoms with Gasteiger partial charge in [0, 0.05) is 5.56 Å². The average Bonchev–Trinajstić information content (AvgIpc) is 2.55. The molecule has 0 unspecified atom stereocenters. The monoisotopic (exact) mass is 267 g/mol. The second-order valence-electron chi connectivity index (χ2n) is 5.37. The summed E-state index contributed by atoms with van der Waals surface area (Å²) in [5.74, 6) is 1.68. The van der Waals surface area contributed by atoms with Crippen LogP contribution >= 0.6 is 0 Å². The van der Waals surface area contributed by atoms with E-state index < -0.39 is 0 Å². The van der Waals surface area contributed by atoms with E-state index in [9.17, 15) is 0 Å². The molecular weight excluding hydrogens is 246 g/mol. The third-order valence-corrected chi connectivity index (χ3v) is 3.91. The van der Waals surface area contributed by atoms with Crippen molar-refractivity contribution in [2.24, 2.45) is 5.92 Å². The molecule has 0 atom stereocenters. The lowest BCUT2D eigenvalue weighted by atomic mass is 9.99. The number of hydrogen-bond acceptors (Lipinski definition) is 2. The molecule has 0 radical (unpaired) electrons. The Bertz CT molecular complexity index is 532. The highest BCUT2D eigenvalue weighted by atomic mass is 16.5. The summed E-state index contributed by atoms with van der Waals surface area (Å²) < 4.78 is 6.10. The first-order valence-corrected chi connectivity index (χ1v) is 7.41. The van der Waals surface area contributed by atoms with Gasteiger partial charge in [0.1, 0.15) is 5.75 Å². The van der Waals surface area contributed by atoms with E-state index in [2.05, 4.69) is 47.8 Å². The van der Waals surface area contributed by atoms with Crippen LogP contribution in [-0.2, 0) is 0 Å². The third-order valence-electron chi connectivity index (χ3n) is 3.91. The van der Waals surface area contributed by atoms with Gasteiger partial charge in [0.2, 0.25) is 0 Å². The van der Waals surface area contributed by atoms with Gasteiger partial charge in [-0.25, -0.2) is 0 Å². The molecule has 2 aromatic rings. The van der Waals surface area contributed by atoms with Crippen LogP contribution in [0.4, 0.5) is 0 Å². The van der Waals surface area contributed by atoms with Crippen LogP contribution < -0.4 is 10.1 Å². The van der Waals surface area contributed by atoms with Gasteiger partial charge in [-0.15, -0.1) is 0 Å². The smallest absolute Gasteiger partial charge is 0.127 e. The zero-order valence-electron chi connectivity index (χ0n) is 11.7. The zero-order valence-corrected chi connectivity index (χ0v) is 11.7. The van der Waals surface area contributed by atoms with Gasteiger partial charge in [-0.1, -0.05) is 48.5 Å². The molecule has 0 saturated carbocycles. The SMILES string of the molecule is c1ccc(-c2ccccc2OCC2CCNCC2)cc1. The van der Waals surface area contributed by atoms with E-state index >= 15 is 0 Å². The Labute approximate surface area is 120 Å². The molecule has 0 aliphatic carbocycles. The van der Waals surface area contributed by atoms with Gasteiger partial charge < -0.3 is 10.1 Å². The summed E-state index contributed by atoms with van der Waals surface area (Å²) >= 11 is 0. The first-order chi connectivity index (χ1) is 9.93. The van der Waals surface area contributed by atoms with E-state index in [1.807, 2.05) is 12.1 Å². The van der Waals surface area contributed by atoms with Crippen molar-refractivity contribution < 1.29 is 4.74 Å². The molecule has 1 fully saturated rings. The lowest BCUT2D eigenvalue weighted by Gasteiger charge is -2.23. The summed E-state index contributed by atoms with van der Waals surface area (Å²) in [5, 5.41) is 3.39. The summed E-state index contributed by atoms with van der Waals surface area (Å²) in [5.41, 5.74) is 2.40. The minimum Gasteiger partial charge on any atom is -0.493 e. The van der Waals surface area contributed by atoms with E-state index in [-0.39, 0.29) is 0 Å². The molecule has 104 valence electrons. The Morgan fingerprint density at radius 1 is 0.900 bits per heavy atom. The van der Waals surface area contributed by atoms with Gasteiger partial charge in [-0.05, 0) is 43.5 Å². The van der Waals surface area contributed by atoms with E-state index in [1.165, 1.54) is 24.0 Å². The minimum absolute atomic E-state index is 0.681. The molecule has 0 bridgehead atoms. The van der Waals surface area contributed by atoms with E-state index in [0.717, 1.165) is 25.4 Å². The quantitative estimate of drug-likeness (QED) is 0.911. The topological polar surface area (TPSA) is 21.3 Å². The number of rotatable bonds is 4. The third kappa shape index (κ3) is 3.20. The maximum atomic E-state index is 6.10. The fourth-order valence-corrected chi connectivity index (χ4v) is 2.70. The fourth-order valence-electron chi connectivity index (χ4n) is 2.70. The largest absolute Gasteiger partial charge is 0.493 e. The Hall–Kier alpha value is -1.80. The molecule has 2 heteroatoms. The van der Waals surface area contributed by atoms with Crippen LogP contribution in [0.3, 0.4) is 0 Å². The highest BCUT2D eigenvalue weighted by Gasteiger charge is 2.14. The maximum absolute atomic E-state index is 6.10. The molecule has 2 nitrogen and oxygen atoms in total. The van der Waals surface area contributed by atoms with Crippen LogP contribution in [0, 0.1) is 5.92 Å². The molecule has 0 aromatic heterocycles. The van der Waals surface area contributed by atoms with E-state index in [4.69, 9.17) is 4.74 Å². The Kier molecular flexibility index (Phi) is 4.34. The van der Waals surface area contributed by atoms with Crippen LogP contribution in [0.25, 0.3) is 11.1 Å². The number of hydrogen-bond donors (Lipinski definition) is 1. The zero-order chi connectivity index (χ0) is 13.6. The molecule has 1 aliphatic heterocycles. The number of ether oxygens (including phenoxy) is 1. The molecule has 1 saturated heterocycles. The van der Waals surface area contributed by atoms with Gasteiger partial charge in [0.15, 0.2) is 0 Å². The first-order valence-electron chi connectivity index (χ1n) is 7.41. The van der Waals surface area contributed by atoms with Gasteiger partial charge in [-0.2, -0.15) is 0 Å². The van der Waals surface area contributed by atoms with Crippen molar-refractivity contribution >= 4 is 0 Å². The Morgan fingerprint density at radius 3 is 2.40 bits per heavy atom. The summed E-state index contributed by atoms with van der Waals surface area (Å²) in [4.78, 5) is 0. The molecule has 1 N–H and O–H groups in total. The van der Waals surface area contributed by atoms with Crippen molar-refractivity contribution in [1.29, 1.82) is 0 Å². The summed E-state index contributed by atoms with van der Waals surface area (Å²) in [6.45, 7) is 3.06. The Morgan fingerprint density at radius 2 is 1.60 bits per heavy atom. The Balaban J connectivity index is 1.73. The van der Waals surface area contributed by atoms with E-state index in [0.29, 0.717) is 5.92 Å². The summed E-state index contributed by atoms with van der Waals surface area (Å²) in [7, 11) is 0. The van der Waals surface area contributed by atoms with E-state index in [1.54, 1.807) is 0 Å². The van der Waals surface area contributed by atoms with Gasteiger partial charge in [0.05, 0.1) is 6.61 Å². The predicted octanol–water partition coefficient (Wildman–Crippen LogP) is 3.73. The standard InChI is InChI=1S/C18H21NO/c1-2-6-16(7-3-1)17-8-4-5-9-18(17)20-14-15-10-12-19-13-11-15/h1-9,15,19H,10-14H2. The normalized spacial score (nSPS) is 16.0. The number of benzene rings is 2. The predicted molar refractivity (Wildman–Crippen MR) is 83.0 cm³/mol. The second-order valence-corrected chi connectivity index (χ2v) is 5.37. The average molecular weight is 267 g/mol. The van der Waals surface area contributed by atoms with Crippen molar-refractivity contribution in [3.8, 4) is 16.9 Å². The fraction of sp³-hybridized carbons (Fsp3) is 0.333. The molecule has 0 spiro atoms. The van der Waals surface area contributed by atoms with Crippen molar-refractivity contribution in [2.75, 3.05) is 19.7 Å². The van der Waals surface area contributed by atoms with Crippen molar-refractivity contribution in [2.45, 2.75) is 12.8 Å². The van der Waals surface area contributed by atoms with Gasteiger partial charge >= 0.3 is 0 Å². The number of piperidine rings is 1. The lowest BCUT2D eigenvalue weighted by Crippen LogP contribution is -2.30. The summed E-state index contributed by atoms with van der Waals surface area (Å²) in [6, 6.07) is 18.8. The highest BCUT2D eigenvalue weighted by Crippen LogP contribution is 2.30. The molecule has 1 heterocycles. The molecule has 0 amide bonds. The van der Waals surface area contributed by atoms with Crippen molar-refractivity contribution in [3.63, 3.8) is 0 Å². The van der Waals surface area contributed by atoms with Crippen LogP contribution in [0.1, 0.15) is 12.8 Å². The molecule has 3 rings (SSSR count). The van der Waals surface area contributed by atoms with Gasteiger partial charge in [0.25, 0.3) is 0 Å². The molecule has 1 aliphatic rings. The second kappa shape index (κ2) is 6.58. The lowest BCUT2D eigenvalue weighted by molar-refractivity contribution is 0.216. The van der Waals surface area contributed by atoms with Crippen molar-refractivity contribution in [3.05, 3.63) is 54.6 Å². The van der Waals surface area contributed by atoms with Crippen molar-refractivity contribution in [1.82, 2.24) is 5.32 Å². The van der Waals surface area contributed by atoms with Crippen LogP contribution in [0.5, 0.6) is 5.75 Å². The number of para-hydroxylation sites is 1. The van der Waals surface area contributed by atoms with Crippen LogP contribution in [0.2, 0.25) is 0 Å². The number of nitrogens with one attached hydrogen (secondary N) is 1. The molecule has 20 heavy (non-hydrogen) atoms.